The maximum Gasteiger partial charge on any atom is 0.330 e. The molecule has 2 heterocycles. The van der Waals surface area contributed by atoms with Gasteiger partial charge in [0.15, 0.2) is 0 Å². The number of benzene rings is 2. The molecule has 0 unspecified atom stereocenters. The van der Waals surface area contributed by atoms with Crippen LogP contribution in [0.3, 0.4) is 0 Å². The van der Waals surface area contributed by atoms with Gasteiger partial charge in [-0.1, -0.05) is 42.5 Å². The van der Waals surface area contributed by atoms with E-state index < -0.39 is 0 Å². The molecule has 4 rings (SSSR count). The van der Waals surface area contributed by atoms with Gasteiger partial charge in [0.2, 0.25) is 0 Å². The van der Waals surface area contributed by atoms with Crippen molar-refractivity contribution in [1.29, 1.82) is 0 Å². The molecule has 2 aromatic carbocycles. The Morgan fingerprint density at radius 3 is 2.18 bits per heavy atom. The topological polar surface area (TPSA) is 50.5 Å². The molecule has 0 atom stereocenters. The zero-order chi connectivity index (χ0) is 19.7. The second kappa shape index (κ2) is 7.73. The zero-order valence-electron chi connectivity index (χ0n) is 16.5. The Labute approximate surface area is 164 Å². The molecule has 6 nitrogen and oxygen atoms in total. The minimum absolute atomic E-state index is 0.243. The molecular formula is C22H26N4O2. The number of hydrogen-bond donors (Lipinski definition) is 0. The van der Waals surface area contributed by atoms with E-state index in [2.05, 4.69) is 52.3 Å². The first-order valence-electron chi connectivity index (χ1n) is 9.70. The fourth-order valence-corrected chi connectivity index (χ4v) is 3.94. The Morgan fingerprint density at radius 1 is 0.786 bits per heavy atom. The Morgan fingerprint density at radius 2 is 1.43 bits per heavy atom. The molecule has 0 aliphatic carbocycles. The zero-order valence-corrected chi connectivity index (χ0v) is 16.5. The first kappa shape index (κ1) is 18.7. The number of hydrogen-bond acceptors (Lipinski definition) is 4. The summed E-state index contributed by atoms with van der Waals surface area (Å²) < 4.78 is 2.72. The van der Waals surface area contributed by atoms with Crippen LogP contribution in [0.15, 0.2) is 58.1 Å². The van der Waals surface area contributed by atoms with E-state index >= 15 is 0 Å². The first-order valence-corrected chi connectivity index (χ1v) is 9.70. The van der Waals surface area contributed by atoms with Crippen LogP contribution in [0.1, 0.15) is 11.3 Å². The Kier molecular flexibility index (Phi) is 5.15. The lowest BCUT2D eigenvalue weighted by Crippen LogP contribution is -2.46. The van der Waals surface area contributed by atoms with Gasteiger partial charge in [0.05, 0.1) is 0 Å². The van der Waals surface area contributed by atoms with Crippen molar-refractivity contribution in [3.05, 3.63) is 80.6 Å². The maximum atomic E-state index is 12.1. The summed E-state index contributed by atoms with van der Waals surface area (Å²) in [4.78, 5) is 28.8. The highest BCUT2D eigenvalue weighted by atomic mass is 16.2. The summed E-state index contributed by atoms with van der Waals surface area (Å²) in [7, 11) is 3.24. The van der Waals surface area contributed by atoms with E-state index in [0.717, 1.165) is 43.0 Å². The average molecular weight is 378 g/mol. The second-order valence-corrected chi connectivity index (χ2v) is 7.57. The normalized spacial score (nSPS) is 15.9. The third kappa shape index (κ3) is 3.66. The molecule has 6 heteroatoms. The summed E-state index contributed by atoms with van der Waals surface area (Å²) >= 11 is 0. The van der Waals surface area contributed by atoms with Gasteiger partial charge in [-0.3, -0.25) is 23.7 Å². The number of fused-ring (bicyclic) bond motifs is 1. The molecule has 0 saturated carbocycles. The van der Waals surface area contributed by atoms with Crippen molar-refractivity contribution < 1.29 is 0 Å². The standard InChI is InChI=1S/C22H26N4O2/c1-23-19(14-21(27)24(2)22(23)28)16-26-12-10-25(11-13-26)15-18-8-5-7-17-6-3-4-9-20(17)18/h3-9,14H,10-13,15-16H2,1-2H3. The monoisotopic (exact) mass is 378 g/mol. The maximum absolute atomic E-state index is 12.1. The van der Waals surface area contributed by atoms with Crippen LogP contribution >= 0.6 is 0 Å². The van der Waals surface area contributed by atoms with Gasteiger partial charge >= 0.3 is 5.69 Å². The van der Waals surface area contributed by atoms with Gasteiger partial charge in [0.25, 0.3) is 5.56 Å². The van der Waals surface area contributed by atoms with Crippen molar-refractivity contribution in [2.24, 2.45) is 14.1 Å². The molecule has 0 bridgehead atoms. The highest BCUT2D eigenvalue weighted by molar-refractivity contribution is 5.85. The lowest BCUT2D eigenvalue weighted by atomic mass is 10.0. The predicted molar refractivity (Wildman–Crippen MR) is 111 cm³/mol. The van der Waals surface area contributed by atoms with E-state index in [1.54, 1.807) is 17.7 Å². The fourth-order valence-electron chi connectivity index (χ4n) is 3.94. The van der Waals surface area contributed by atoms with Crippen LogP contribution in [0.2, 0.25) is 0 Å². The number of aromatic nitrogens is 2. The summed E-state index contributed by atoms with van der Waals surface area (Å²) in [5.41, 5.74) is 1.63. The highest BCUT2D eigenvalue weighted by Crippen LogP contribution is 2.20. The van der Waals surface area contributed by atoms with Crippen molar-refractivity contribution in [1.82, 2.24) is 18.9 Å². The van der Waals surface area contributed by atoms with Gasteiger partial charge in [-0.2, -0.15) is 0 Å². The largest absolute Gasteiger partial charge is 0.330 e. The number of rotatable bonds is 4. The lowest BCUT2D eigenvalue weighted by Gasteiger charge is -2.35. The van der Waals surface area contributed by atoms with Crippen LogP contribution in [0.5, 0.6) is 0 Å². The Balaban J connectivity index is 1.41. The molecule has 0 N–H and O–H groups in total. The van der Waals surface area contributed by atoms with E-state index in [4.69, 9.17) is 0 Å². The summed E-state index contributed by atoms with van der Waals surface area (Å²) in [5, 5.41) is 2.60. The summed E-state index contributed by atoms with van der Waals surface area (Å²) in [6.07, 6.45) is 0. The summed E-state index contributed by atoms with van der Waals surface area (Å²) in [6.45, 7) is 5.37. The molecule has 1 fully saturated rings. The highest BCUT2D eigenvalue weighted by Gasteiger charge is 2.19. The molecule has 3 aromatic rings. The lowest BCUT2D eigenvalue weighted by molar-refractivity contribution is 0.120. The van der Waals surface area contributed by atoms with E-state index in [0.29, 0.717) is 6.54 Å². The van der Waals surface area contributed by atoms with Crippen LogP contribution in [-0.4, -0.2) is 45.1 Å². The van der Waals surface area contributed by atoms with E-state index in [1.165, 1.54) is 23.4 Å². The predicted octanol–water partition coefficient (Wildman–Crippen LogP) is 1.55. The fraction of sp³-hybridized carbons (Fsp3) is 0.364. The first-order chi connectivity index (χ1) is 13.5. The molecule has 1 aliphatic heterocycles. The third-order valence-corrected chi connectivity index (χ3v) is 5.75. The van der Waals surface area contributed by atoms with Crippen LogP contribution in [0.25, 0.3) is 10.8 Å². The third-order valence-electron chi connectivity index (χ3n) is 5.75. The van der Waals surface area contributed by atoms with Crippen LogP contribution in [0, 0.1) is 0 Å². The molecule has 28 heavy (non-hydrogen) atoms. The van der Waals surface area contributed by atoms with Crippen LogP contribution < -0.4 is 11.2 Å². The van der Waals surface area contributed by atoms with Crippen LogP contribution in [-0.2, 0) is 27.2 Å². The van der Waals surface area contributed by atoms with E-state index in [1.807, 2.05) is 0 Å². The quantitative estimate of drug-likeness (QED) is 0.691. The van der Waals surface area contributed by atoms with Gasteiger partial charge in [-0.05, 0) is 16.3 Å². The van der Waals surface area contributed by atoms with Crippen molar-refractivity contribution in [3.63, 3.8) is 0 Å². The van der Waals surface area contributed by atoms with E-state index in [9.17, 15) is 9.59 Å². The van der Waals surface area contributed by atoms with Crippen LogP contribution in [0.4, 0.5) is 0 Å². The van der Waals surface area contributed by atoms with Crippen molar-refractivity contribution in [2.75, 3.05) is 26.2 Å². The molecular weight excluding hydrogens is 352 g/mol. The Hall–Kier alpha value is -2.70. The SMILES string of the molecule is Cn1c(CN2CCN(Cc3cccc4ccccc34)CC2)cc(=O)n(C)c1=O. The molecule has 1 saturated heterocycles. The Bertz CT molecular complexity index is 1100. The molecule has 0 amide bonds. The van der Waals surface area contributed by atoms with Gasteiger partial charge in [0.1, 0.15) is 0 Å². The van der Waals surface area contributed by atoms with Gasteiger partial charge in [0, 0.05) is 65.1 Å². The molecule has 0 spiro atoms. The van der Waals surface area contributed by atoms with Crippen molar-refractivity contribution >= 4 is 10.8 Å². The average Bonchev–Trinajstić information content (AvgIpc) is 2.72. The van der Waals surface area contributed by atoms with Gasteiger partial charge in [-0.15, -0.1) is 0 Å². The molecule has 1 aromatic heterocycles. The summed E-state index contributed by atoms with van der Waals surface area (Å²) in [6, 6.07) is 16.6. The van der Waals surface area contributed by atoms with Crippen molar-refractivity contribution in [2.45, 2.75) is 13.1 Å². The van der Waals surface area contributed by atoms with Gasteiger partial charge < -0.3 is 0 Å². The van der Waals surface area contributed by atoms with Gasteiger partial charge in [-0.25, -0.2) is 4.79 Å². The number of piperazine rings is 1. The van der Waals surface area contributed by atoms with E-state index in [-0.39, 0.29) is 11.2 Å². The molecule has 146 valence electrons. The smallest absolute Gasteiger partial charge is 0.299 e. The van der Waals surface area contributed by atoms with Crippen molar-refractivity contribution in [3.8, 4) is 0 Å². The second-order valence-electron chi connectivity index (χ2n) is 7.57. The molecule has 0 radical (unpaired) electrons. The number of nitrogens with zero attached hydrogens (tertiary/aromatic N) is 4. The minimum atomic E-state index is -0.267. The molecule has 1 aliphatic rings. The minimum Gasteiger partial charge on any atom is -0.299 e. The summed E-state index contributed by atoms with van der Waals surface area (Å²) in [5.74, 6) is 0.